The second-order valence-electron chi connectivity index (χ2n) is 1.83. The van der Waals surface area contributed by atoms with Crippen molar-refractivity contribution < 1.29 is 14.6 Å². The first-order chi connectivity index (χ1) is 6.25. The predicted octanol–water partition coefficient (Wildman–Crippen LogP) is 1.13. The molecule has 5 heteroatoms. The number of aliphatic hydroxyl groups excluding tert-OH is 1. The van der Waals surface area contributed by atoms with E-state index in [-0.39, 0.29) is 10.7 Å². The molecule has 1 rings (SSSR count). The molecule has 1 aromatic rings. The topological polar surface area (TPSA) is 59.4 Å². The van der Waals surface area contributed by atoms with E-state index in [9.17, 15) is 4.79 Å². The summed E-state index contributed by atoms with van der Waals surface area (Å²) in [5.41, 5.74) is 0.289. The van der Waals surface area contributed by atoms with Crippen LogP contribution in [0.1, 0.15) is 10.4 Å². The van der Waals surface area contributed by atoms with Crippen LogP contribution in [0.2, 0.25) is 5.15 Å². The monoisotopic (exact) mass is 203 g/mol. The molecule has 0 saturated heterocycles. The van der Waals surface area contributed by atoms with E-state index in [0.717, 1.165) is 7.11 Å². The fourth-order valence-corrected chi connectivity index (χ4v) is 0.845. The molecule has 4 nitrogen and oxygen atoms in total. The smallest absolute Gasteiger partial charge is 0.341 e. The molecule has 72 valence electrons. The van der Waals surface area contributed by atoms with E-state index in [2.05, 4.69) is 9.72 Å². The van der Waals surface area contributed by atoms with E-state index >= 15 is 0 Å². The summed E-state index contributed by atoms with van der Waals surface area (Å²) in [6.07, 6.45) is 1.51. The number of ether oxygens (including phenoxy) is 1. The van der Waals surface area contributed by atoms with Crippen LogP contribution in [0.15, 0.2) is 18.3 Å². The Morgan fingerprint density at radius 3 is 2.69 bits per heavy atom. The van der Waals surface area contributed by atoms with Crippen LogP contribution in [0.25, 0.3) is 0 Å². The minimum Gasteiger partial charge on any atom is -0.465 e. The van der Waals surface area contributed by atoms with Crippen molar-refractivity contribution in [3.63, 3.8) is 0 Å². The van der Waals surface area contributed by atoms with E-state index < -0.39 is 5.97 Å². The second-order valence-corrected chi connectivity index (χ2v) is 2.19. The Morgan fingerprint density at radius 1 is 1.62 bits per heavy atom. The maximum Gasteiger partial charge on any atom is 0.341 e. The van der Waals surface area contributed by atoms with Gasteiger partial charge in [-0.15, -0.1) is 0 Å². The summed E-state index contributed by atoms with van der Waals surface area (Å²) in [4.78, 5) is 14.6. The van der Waals surface area contributed by atoms with Crippen molar-refractivity contribution in [3.05, 3.63) is 29.0 Å². The molecule has 0 fully saturated rings. The van der Waals surface area contributed by atoms with Crippen molar-refractivity contribution in [2.45, 2.75) is 0 Å². The van der Waals surface area contributed by atoms with Crippen LogP contribution in [0, 0.1) is 0 Å². The molecule has 0 aliphatic heterocycles. The molecule has 0 unspecified atom stereocenters. The molecule has 1 N–H and O–H groups in total. The van der Waals surface area contributed by atoms with Crippen LogP contribution in [0.3, 0.4) is 0 Å². The lowest BCUT2D eigenvalue weighted by Gasteiger charge is -1.98. The molecule has 0 amide bonds. The Hall–Kier alpha value is -1.13. The van der Waals surface area contributed by atoms with Gasteiger partial charge in [0.25, 0.3) is 0 Å². The Bertz CT molecular complexity index is 278. The molecule has 0 radical (unpaired) electrons. The predicted molar refractivity (Wildman–Crippen MR) is 48.7 cm³/mol. The molecule has 0 bridgehead atoms. The van der Waals surface area contributed by atoms with Gasteiger partial charge in [0.05, 0.1) is 12.7 Å². The van der Waals surface area contributed by atoms with E-state index in [1.54, 1.807) is 12.1 Å². The zero-order valence-corrected chi connectivity index (χ0v) is 8.08. The van der Waals surface area contributed by atoms with Crippen LogP contribution >= 0.6 is 11.6 Å². The van der Waals surface area contributed by atoms with Crippen molar-refractivity contribution in [1.82, 2.24) is 4.98 Å². The van der Waals surface area contributed by atoms with Gasteiger partial charge >= 0.3 is 5.97 Å². The standard InChI is InChI=1S/C7H6ClNO2.CH4O/c1-11-7(10)5-3-2-4-9-6(5)8;1-2/h2-4H,1H3;2H,1H3. The third-order valence-corrected chi connectivity index (χ3v) is 1.47. The normalized spacial score (nSPS) is 8.31. The number of carbonyl (C=O) groups excluding carboxylic acids is 1. The van der Waals surface area contributed by atoms with Gasteiger partial charge in [-0.1, -0.05) is 11.6 Å². The zero-order valence-electron chi connectivity index (χ0n) is 7.32. The molecule has 0 atom stereocenters. The van der Waals surface area contributed by atoms with Crippen molar-refractivity contribution in [2.75, 3.05) is 14.2 Å². The molecular formula is C8H10ClNO3. The Kier molecular flexibility index (Phi) is 5.84. The van der Waals surface area contributed by atoms with Crippen LogP contribution < -0.4 is 0 Å². The number of aliphatic hydroxyl groups is 1. The molecule has 0 aliphatic rings. The number of methoxy groups -OCH3 is 1. The molecule has 0 spiro atoms. The summed E-state index contributed by atoms with van der Waals surface area (Å²) in [6, 6.07) is 3.18. The highest BCUT2D eigenvalue weighted by Crippen LogP contribution is 2.11. The number of nitrogens with zero attached hydrogens (tertiary/aromatic N) is 1. The first-order valence-electron chi connectivity index (χ1n) is 3.39. The van der Waals surface area contributed by atoms with Gasteiger partial charge in [-0.25, -0.2) is 9.78 Å². The van der Waals surface area contributed by atoms with Gasteiger partial charge in [-0.05, 0) is 12.1 Å². The summed E-state index contributed by atoms with van der Waals surface area (Å²) in [5, 5.41) is 7.17. The number of esters is 1. The fraction of sp³-hybridized carbons (Fsp3) is 0.250. The van der Waals surface area contributed by atoms with Gasteiger partial charge in [0, 0.05) is 13.3 Å². The number of carbonyl (C=O) groups is 1. The first kappa shape index (κ1) is 11.9. The van der Waals surface area contributed by atoms with Gasteiger partial charge in [0.1, 0.15) is 5.15 Å². The summed E-state index contributed by atoms with van der Waals surface area (Å²) in [5.74, 6) is -0.469. The minimum atomic E-state index is -0.469. The third kappa shape index (κ3) is 3.40. The summed E-state index contributed by atoms with van der Waals surface area (Å²) < 4.78 is 4.45. The first-order valence-corrected chi connectivity index (χ1v) is 3.77. The average molecular weight is 204 g/mol. The van der Waals surface area contributed by atoms with E-state index in [1.807, 2.05) is 0 Å². The average Bonchev–Trinajstić information content (AvgIpc) is 2.20. The van der Waals surface area contributed by atoms with Crippen LogP contribution in [-0.4, -0.2) is 30.3 Å². The molecule has 1 heterocycles. The van der Waals surface area contributed by atoms with Gasteiger partial charge in [-0.3, -0.25) is 0 Å². The highest BCUT2D eigenvalue weighted by Gasteiger charge is 2.09. The van der Waals surface area contributed by atoms with Gasteiger partial charge in [0.2, 0.25) is 0 Å². The number of pyridine rings is 1. The van der Waals surface area contributed by atoms with Crippen molar-refractivity contribution in [1.29, 1.82) is 0 Å². The molecule has 1 aromatic heterocycles. The number of aromatic nitrogens is 1. The lowest BCUT2D eigenvalue weighted by Crippen LogP contribution is -2.02. The number of hydrogen-bond donors (Lipinski definition) is 1. The number of rotatable bonds is 1. The third-order valence-electron chi connectivity index (χ3n) is 1.16. The van der Waals surface area contributed by atoms with Crippen LogP contribution in [0.4, 0.5) is 0 Å². The van der Waals surface area contributed by atoms with E-state index in [0.29, 0.717) is 0 Å². The van der Waals surface area contributed by atoms with Crippen LogP contribution in [0.5, 0.6) is 0 Å². The van der Waals surface area contributed by atoms with Gasteiger partial charge < -0.3 is 9.84 Å². The zero-order chi connectivity index (χ0) is 10.3. The Labute approximate surface area is 81.1 Å². The SMILES string of the molecule is CO.COC(=O)c1cccnc1Cl. The second kappa shape index (κ2) is 6.39. The Balaban J connectivity index is 0.000000671. The largest absolute Gasteiger partial charge is 0.465 e. The number of halogens is 1. The highest BCUT2D eigenvalue weighted by atomic mass is 35.5. The molecule has 0 saturated carbocycles. The van der Waals surface area contributed by atoms with E-state index in [1.165, 1.54) is 13.3 Å². The number of hydrogen-bond acceptors (Lipinski definition) is 4. The molecule has 13 heavy (non-hydrogen) atoms. The maximum atomic E-state index is 10.9. The molecular weight excluding hydrogens is 194 g/mol. The van der Waals surface area contributed by atoms with E-state index in [4.69, 9.17) is 16.7 Å². The molecule has 0 aromatic carbocycles. The minimum absolute atomic E-state index is 0.166. The van der Waals surface area contributed by atoms with Crippen molar-refractivity contribution in [3.8, 4) is 0 Å². The lowest BCUT2D eigenvalue weighted by molar-refractivity contribution is 0.0600. The maximum absolute atomic E-state index is 10.9. The fourth-order valence-electron chi connectivity index (χ4n) is 0.648. The quantitative estimate of drug-likeness (QED) is 0.549. The molecule has 0 aliphatic carbocycles. The van der Waals surface area contributed by atoms with Gasteiger partial charge in [0.15, 0.2) is 0 Å². The Morgan fingerprint density at radius 2 is 2.23 bits per heavy atom. The van der Waals surface area contributed by atoms with Gasteiger partial charge in [-0.2, -0.15) is 0 Å². The summed E-state index contributed by atoms with van der Waals surface area (Å²) in [7, 11) is 2.30. The lowest BCUT2D eigenvalue weighted by atomic mass is 10.3. The summed E-state index contributed by atoms with van der Waals surface area (Å²) in [6.45, 7) is 0. The van der Waals surface area contributed by atoms with Crippen molar-refractivity contribution in [2.24, 2.45) is 0 Å². The van der Waals surface area contributed by atoms with Crippen LogP contribution in [-0.2, 0) is 4.74 Å². The summed E-state index contributed by atoms with van der Waals surface area (Å²) >= 11 is 5.59. The van der Waals surface area contributed by atoms with Crippen molar-refractivity contribution >= 4 is 17.6 Å². The highest BCUT2D eigenvalue weighted by molar-refractivity contribution is 6.32.